The fourth-order valence-corrected chi connectivity index (χ4v) is 3.87. The van der Waals surface area contributed by atoms with E-state index in [9.17, 15) is 13.2 Å². The summed E-state index contributed by atoms with van der Waals surface area (Å²) in [5.41, 5.74) is 6.68. The van der Waals surface area contributed by atoms with Crippen LogP contribution in [0.2, 0.25) is 0 Å². The minimum Gasteiger partial charge on any atom is -0.367 e. The first-order chi connectivity index (χ1) is 9.98. The van der Waals surface area contributed by atoms with E-state index in [2.05, 4.69) is 5.16 Å². The summed E-state index contributed by atoms with van der Waals surface area (Å²) >= 11 is 1.42. The topological polar surface area (TPSA) is 52.0 Å². The molecule has 0 saturated heterocycles. The van der Waals surface area contributed by atoms with Crippen molar-refractivity contribution >= 4 is 17.2 Å². The lowest BCUT2D eigenvalue weighted by molar-refractivity contribution is -0.187. The summed E-state index contributed by atoms with van der Waals surface area (Å²) in [7, 11) is 0. The smallest absolute Gasteiger partial charge is 0.367 e. The first kappa shape index (κ1) is 14.4. The highest BCUT2D eigenvalue weighted by atomic mass is 32.1. The van der Waals surface area contributed by atoms with E-state index in [4.69, 9.17) is 10.3 Å². The lowest BCUT2D eigenvalue weighted by Crippen LogP contribution is -2.32. The van der Waals surface area contributed by atoms with Gasteiger partial charge >= 0.3 is 6.18 Å². The van der Waals surface area contributed by atoms with Crippen molar-refractivity contribution in [3.63, 3.8) is 0 Å². The molecule has 2 N–H and O–H groups in total. The molecule has 0 amide bonds. The average molecular weight is 316 g/mol. The van der Waals surface area contributed by atoms with Crippen LogP contribution in [0.4, 0.5) is 19.1 Å². The second-order valence-corrected chi connectivity index (χ2v) is 6.27. The number of nitrogens with two attached hydrogens (primary N) is 1. The van der Waals surface area contributed by atoms with Crippen LogP contribution in [0, 0.1) is 5.92 Å². The zero-order valence-electron chi connectivity index (χ0n) is 11.2. The largest absolute Gasteiger partial charge is 0.392 e. The Labute approximate surface area is 123 Å². The van der Waals surface area contributed by atoms with E-state index < -0.39 is 18.0 Å². The molecule has 7 heteroatoms. The lowest BCUT2D eigenvalue weighted by Gasteiger charge is -2.32. The highest BCUT2D eigenvalue weighted by molar-refractivity contribution is 7.13. The van der Waals surface area contributed by atoms with E-state index in [1.165, 1.54) is 11.3 Å². The number of hydrogen-bond acceptors (Lipinski definition) is 4. The summed E-state index contributed by atoms with van der Waals surface area (Å²) in [6, 6.07) is 3.65. The average Bonchev–Trinajstić information content (AvgIpc) is 3.06. The third-order valence-electron chi connectivity index (χ3n) is 4.05. The van der Waals surface area contributed by atoms with E-state index in [1.807, 2.05) is 17.5 Å². The maximum atomic E-state index is 13.3. The first-order valence-corrected chi connectivity index (χ1v) is 7.72. The molecular weight excluding hydrogens is 301 g/mol. The van der Waals surface area contributed by atoms with Gasteiger partial charge in [-0.3, -0.25) is 0 Å². The molecule has 1 saturated carbocycles. The maximum Gasteiger partial charge on any atom is 0.392 e. The van der Waals surface area contributed by atoms with Gasteiger partial charge in [-0.25, -0.2) is 0 Å². The van der Waals surface area contributed by atoms with Gasteiger partial charge in [-0.1, -0.05) is 24.1 Å². The zero-order chi connectivity index (χ0) is 15.0. The Morgan fingerprint density at radius 2 is 2.05 bits per heavy atom. The minimum absolute atomic E-state index is 0.0962. The fraction of sp³-hybridized carbons (Fsp3) is 0.500. The van der Waals surface area contributed by atoms with Crippen LogP contribution in [-0.2, 0) is 0 Å². The fourth-order valence-electron chi connectivity index (χ4n) is 3.09. The van der Waals surface area contributed by atoms with E-state index in [0.29, 0.717) is 24.1 Å². The number of alkyl halides is 3. The summed E-state index contributed by atoms with van der Waals surface area (Å²) in [6.45, 7) is 0. The van der Waals surface area contributed by atoms with Gasteiger partial charge < -0.3 is 10.3 Å². The Morgan fingerprint density at radius 1 is 1.29 bits per heavy atom. The molecule has 21 heavy (non-hydrogen) atoms. The standard InChI is InChI=1S/C14H15F3N2OS/c15-14(16,17)9-5-2-1-4-8(9)12-11(13(18)20-19-12)10-6-3-7-21-10/h3,6-9H,1-2,4-5,18H2. The van der Waals surface area contributed by atoms with Gasteiger partial charge in [0, 0.05) is 10.8 Å². The van der Waals surface area contributed by atoms with Gasteiger partial charge in [-0.05, 0) is 24.3 Å². The van der Waals surface area contributed by atoms with E-state index in [1.54, 1.807) is 0 Å². The molecule has 0 spiro atoms. The quantitative estimate of drug-likeness (QED) is 0.864. The molecule has 2 heterocycles. The minimum atomic E-state index is -4.22. The third kappa shape index (κ3) is 2.66. The van der Waals surface area contributed by atoms with Crippen LogP contribution in [0.25, 0.3) is 10.4 Å². The summed E-state index contributed by atoms with van der Waals surface area (Å²) in [6.07, 6.45) is -2.24. The molecule has 1 aliphatic carbocycles. The molecule has 2 unspecified atom stereocenters. The Morgan fingerprint density at radius 3 is 2.71 bits per heavy atom. The predicted octanol–water partition coefficient (Wildman–Crippen LogP) is 4.82. The molecule has 0 radical (unpaired) electrons. The highest BCUT2D eigenvalue weighted by Gasteiger charge is 2.47. The molecule has 2 aromatic heterocycles. The number of rotatable bonds is 2. The Balaban J connectivity index is 2.03. The number of halogens is 3. The van der Waals surface area contributed by atoms with Crippen LogP contribution in [0.1, 0.15) is 37.3 Å². The second kappa shape index (κ2) is 5.36. The van der Waals surface area contributed by atoms with Crippen LogP contribution in [0.15, 0.2) is 22.0 Å². The molecule has 3 rings (SSSR count). The van der Waals surface area contributed by atoms with Crippen molar-refractivity contribution in [2.75, 3.05) is 5.73 Å². The van der Waals surface area contributed by atoms with Crippen molar-refractivity contribution in [3.8, 4) is 10.4 Å². The molecule has 0 aromatic carbocycles. The van der Waals surface area contributed by atoms with Crippen molar-refractivity contribution in [1.29, 1.82) is 0 Å². The molecule has 114 valence electrons. The Bertz CT molecular complexity index is 606. The van der Waals surface area contributed by atoms with Crippen LogP contribution in [0.5, 0.6) is 0 Å². The molecule has 2 atom stereocenters. The van der Waals surface area contributed by atoms with E-state index >= 15 is 0 Å². The van der Waals surface area contributed by atoms with E-state index in [0.717, 1.165) is 11.3 Å². The zero-order valence-corrected chi connectivity index (χ0v) is 12.0. The normalized spacial score (nSPS) is 23.4. The number of aromatic nitrogens is 1. The van der Waals surface area contributed by atoms with Crippen molar-refractivity contribution in [1.82, 2.24) is 5.16 Å². The van der Waals surface area contributed by atoms with Crippen LogP contribution >= 0.6 is 11.3 Å². The van der Waals surface area contributed by atoms with Crippen LogP contribution < -0.4 is 5.73 Å². The van der Waals surface area contributed by atoms with Gasteiger partial charge in [0.1, 0.15) is 0 Å². The summed E-state index contributed by atoms with van der Waals surface area (Å²) in [5, 5.41) is 5.72. The first-order valence-electron chi connectivity index (χ1n) is 6.84. The lowest BCUT2D eigenvalue weighted by atomic mass is 9.76. The molecule has 0 bridgehead atoms. The SMILES string of the molecule is Nc1onc(C2CCCCC2C(F)(F)F)c1-c1cccs1. The van der Waals surface area contributed by atoms with Crippen molar-refractivity contribution in [2.24, 2.45) is 5.92 Å². The van der Waals surface area contributed by atoms with Crippen molar-refractivity contribution in [3.05, 3.63) is 23.2 Å². The van der Waals surface area contributed by atoms with Crippen molar-refractivity contribution < 1.29 is 17.7 Å². The number of hydrogen-bond donors (Lipinski definition) is 1. The summed E-state index contributed by atoms with van der Waals surface area (Å²) in [4.78, 5) is 0.801. The van der Waals surface area contributed by atoms with Crippen LogP contribution in [-0.4, -0.2) is 11.3 Å². The number of anilines is 1. The summed E-state index contributed by atoms with van der Waals surface area (Å²) < 4.78 is 44.8. The molecule has 0 aliphatic heterocycles. The number of nitrogens with zero attached hydrogens (tertiary/aromatic N) is 1. The van der Waals surface area contributed by atoms with Gasteiger partial charge in [0.2, 0.25) is 5.88 Å². The second-order valence-electron chi connectivity index (χ2n) is 5.32. The van der Waals surface area contributed by atoms with Crippen LogP contribution in [0.3, 0.4) is 0 Å². The van der Waals surface area contributed by atoms with E-state index in [-0.39, 0.29) is 12.3 Å². The number of thiophene rings is 1. The van der Waals surface area contributed by atoms with Crippen molar-refractivity contribution in [2.45, 2.75) is 37.8 Å². The molecule has 1 fully saturated rings. The predicted molar refractivity (Wildman–Crippen MR) is 75.0 cm³/mol. The monoisotopic (exact) mass is 316 g/mol. The Kier molecular flexibility index (Phi) is 3.69. The maximum absolute atomic E-state index is 13.3. The molecular formula is C14H15F3N2OS. The molecule has 2 aromatic rings. The Hall–Kier alpha value is -1.50. The molecule has 3 nitrogen and oxygen atoms in total. The van der Waals surface area contributed by atoms with Gasteiger partial charge in [0.05, 0.1) is 17.2 Å². The van der Waals surface area contributed by atoms with Gasteiger partial charge in [-0.15, -0.1) is 11.3 Å². The third-order valence-corrected chi connectivity index (χ3v) is 4.94. The highest BCUT2D eigenvalue weighted by Crippen LogP contribution is 2.49. The van der Waals surface area contributed by atoms with Gasteiger partial charge in [0.15, 0.2) is 0 Å². The molecule has 1 aliphatic rings. The summed E-state index contributed by atoms with van der Waals surface area (Å²) in [5.74, 6) is -1.94. The number of nitrogen functional groups attached to an aromatic ring is 1. The van der Waals surface area contributed by atoms with Gasteiger partial charge in [0.25, 0.3) is 0 Å². The van der Waals surface area contributed by atoms with Gasteiger partial charge in [-0.2, -0.15) is 13.2 Å².